The first-order valence-electron chi connectivity index (χ1n) is 8.59. The van der Waals surface area contributed by atoms with Gasteiger partial charge < -0.3 is 10.6 Å². The second-order valence-corrected chi connectivity index (χ2v) is 8.30. The molecule has 1 fully saturated rings. The van der Waals surface area contributed by atoms with Gasteiger partial charge in [-0.05, 0) is 43.2 Å². The molecule has 0 unspecified atom stereocenters. The van der Waals surface area contributed by atoms with Crippen molar-refractivity contribution in [1.29, 1.82) is 0 Å². The molecule has 28 heavy (non-hydrogen) atoms. The highest BCUT2D eigenvalue weighted by Crippen LogP contribution is 2.39. The lowest BCUT2D eigenvalue weighted by atomic mass is 10.1. The molecule has 0 radical (unpaired) electrons. The molecule has 144 valence electrons. The number of nitrogens with zero attached hydrogens (tertiary/aromatic N) is 2. The van der Waals surface area contributed by atoms with Gasteiger partial charge in [-0.25, -0.2) is 12.7 Å². The van der Waals surface area contributed by atoms with Crippen molar-refractivity contribution in [2.45, 2.75) is 23.8 Å². The number of pyridine rings is 1. The summed E-state index contributed by atoms with van der Waals surface area (Å²) in [6.07, 6.45) is 4.33. The van der Waals surface area contributed by atoms with Crippen molar-refractivity contribution in [3.8, 4) is 0 Å². The number of rotatable bonds is 5. The quantitative estimate of drug-likeness (QED) is 0.763. The van der Waals surface area contributed by atoms with Gasteiger partial charge in [-0.3, -0.25) is 19.4 Å². The topological polar surface area (TPSA) is 126 Å². The molecule has 1 aromatic heterocycles. The molecule has 2 heterocycles. The average molecular weight is 400 g/mol. The third-order valence-electron chi connectivity index (χ3n) is 4.44. The van der Waals surface area contributed by atoms with Crippen LogP contribution in [-0.4, -0.2) is 48.0 Å². The molecule has 4 rings (SSSR count). The molecule has 0 bridgehead atoms. The van der Waals surface area contributed by atoms with Crippen LogP contribution in [0.5, 0.6) is 0 Å². The Bertz CT molecular complexity index is 1080. The largest absolute Gasteiger partial charge is 0.343 e. The average Bonchev–Trinajstić information content (AvgIpc) is 3.48. The summed E-state index contributed by atoms with van der Waals surface area (Å²) in [6.45, 7) is -0.301. The van der Waals surface area contributed by atoms with Crippen LogP contribution in [0.25, 0.3) is 0 Å². The predicted molar refractivity (Wildman–Crippen MR) is 98.0 cm³/mol. The molecule has 3 amide bonds. The fourth-order valence-corrected chi connectivity index (χ4v) is 4.80. The van der Waals surface area contributed by atoms with Crippen LogP contribution in [-0.2, 0) is 14.8 Å². The predicted octanol–water partition coefficient (Wildman–Crippen LogP) is 0.757. The van der Waals surface area contributed by atoms with Crippen molar-refractivity contribution in [3.63, 3.8) is 0 Å². The minimum Gasteiger partial charge on any atom is -0.343 e. The number of anilines is 1. The number of hydrogen-bond acceptors (Lipinski definition) is 6. The molecule has 9 nitrogen and oxygen atoms in total. The Balaban J connectivity index is 1.46. The van der Waals surface area contributed by atoms with E-state index in [1.807, 2.05) is 0 Å². The summed E-state index contributed by atoms with van der Waals surface area (Å²) < 4.78 is 26.2. The second-order valence-electron chi connectivity index (χ2n) is 6.52. The highest BCUT2D eigenvalue weighted by atomic mass is 32.2. The summed E-state index contributed by atoms with van der Waals surface area (Å²) in [4.78, 5) is 40.3. The van der Waals surface area contributed by atoms with Gasteiger partial charge in [-0.1, -0.05) is 0 Å². The van der Waals surface area contributed by atoms with E-state index < -0.39 is 27.7 Å². The molecular weight excluding hydrogens is 384 g/mol. The number of sulfonamides is 1. The van der Waals surface area contributed by atoms with Gasteiger partial charge in [-0.2, -0.15) is 0 Å². The number of aromatic nitrogens is 1. The molecule has 1 aromatic carbocycles. The molecule has 10 heteroatoms. The molecule has 0 atom stereocenters. The van der Waals surface area contributed by atoms with Crippen molar-refractivity contribution in [2.75, 3.05) is 11.9 Å². The Labute approximate surface area is 160 Å². The van der Waals surface area contributed by atoms with Gasteiger partial charge in [0.2, 0.25) is 5.91 Å². The zero-order valence-electron chi connectivity index (χ0n) is 14.6. The van der Waals surface area contributed by atoms with Crippen LogP contribution >= 0.6 is 0 Å². The summed E-state index contributed by atoms with van der Waals surface area (Å²) in [7, 11) is -3.94. The van der Waals surface area contributed by atoms with Crippen LogP contribution in [0.15, 0.2) is 47.6 Å². The monoisotopic (exact) mass is 400 g/mol. The third kappa shape index (κ3) is 3.22. The fourth-order valence-electron chi connectivity index (χ4n) is 2.96. The van der Waals surface area contributed by atoms with Gasteiger partial charge in [0.05, 0.1) is 24.0 Å². The number of nitrogens with one attached hydrogen (secondary N) is 2. The minimum absolute atomic E-state index is 0.0574. The van der Waals surface area contributed by atoms with Crippen molar-refractivity contribution in [2.24, 2.45) is 0 Å². The van der Waals surface area contributed by atoms with E-state index in [1.165, 1.54) is 24.4 Å². The Kier molecular flexibility index (Phi) is 4.34. The van der Waals surface area contributed by atoms with Gasteiger partial charge in [0.1, 0.15) is 4.90 Å². The van der Waals surface area contributed by atoms with Crippen LogP contribution < -0.4 is 10.6 Å². The Morgan fingerprint density at radius 2 is 2.00 bits per heavy atom. The number of amides is 3. The van der Waals surface area contributed by atoms with E-state index in [0.29, 0.717) is 18.5 Å². The highest BCUT2D eigenvalue weighted by molar-refractivity contribution is 7.90. The third-order valence-corrected chi connectivity index (χ3v) is 6.32. The second kappa shape index (κ2) is 6.71. The Morgan fingerprint density at radius 1 is 1.21 bits per heavy atom. The molecule has 2 aliphatic rings. The molecule has 2 aromatic rings. The zero-order chi connectivity index (χ0) is 19.9. The highest BCUT2D eigenvalue weighted by Gasteiger charge is 2.48. The van der Waals surface area contributed by atoms with Gasteiger partial charge in [0.25, 0.3) is 21.8 Å². The summed E-state index contributed by atoms with van der Waals surface area (Å²) in [5, 5.41) is 5.00. The maximum atomic E-state index is 12.6. The van der Waals surface area contributed by atoms with Crippen molar-refractivity contribution in [3.05, 3.63) is 53.9 Å². The van der Waals surface area contributed by atoms with Crippen molar-refractivity contribution in [1.82, 2.24) is 14.6 Å². The number of carbonyl (C=O) groups is 3. The van der Waals surface area contributed by atoms with Crippen LogP contribution in [0.1, 0.15) is 33.6 Å². The molecule has 1 aliphatic carbocycles. The van der Waals surface area contributed by atoms with Crippen molar-refractivity contribution < 1.29 is 22.8 Å². The maximum Gasteiger partial charge on any atom is 0.269 e. The standard InChI is InChI=1S/C18H16N4O5S/c23-16(21-12-2-1-7-19-9-12)10-20-17(24)11-3-6-14-15(8-11)28(26,27)22(18(14)25)13-4-5-13/h1-3,6-9,13H,4-5,10H2,(H,20,24)(H,21,23). The summed E-state index contributed by atoms with van der Waals surface area (Å²) in [5.41, 5.74) is 0.615. The normalized spacial score (nSPS) is 17.1. The summed E-state index contributed by atoms with van der Waals surface area (Å²) in [5.74, 6) is -1.62. The number of hydrogen-bond donors (Lipinski definition) is 2. The maximum absolute atomic E-state index is 12.6. The number of benzene rings is 1. The first-order chi connectivity index (χ1) is 13.4. The van der Waals surface area contributed by atoms with E-state index in [4.69, 9.17) is 0 Å². The molecular formula is C18H16N4O5S. The van der Waals surface area contributed by atoms with Gasteiger partial charge in [0.15, 0.2) is 0 Å². The smallest absolute Gasteiger partial charge is 0.269 e. The summed E-state index contributed by atoms with van der Waals surface area (Å²) in [6, 6.07) is 6.91. The Hall–Kier alpha value is -3.27. The van der Waals surface area contributed by atoms with E-state index in [1.54, 1.807) is 18.3 Å². The lowest BCUT2D eigenvalue weighted by molar-refractivity contribution is -0.115. The number of fused-ring (bicyclic) bond motifs is 1. The molecule has 1 saturated carbocycles. The van der Waals surface area contributed by atoms with Gasteiger partial charge in [-0.15, -0.1) is 0 Å². The minimum atomic E-state index is -3.94. The van der Waals surface area contributed by atoms with E-state index >= 15 is 0 Å². The molecule has 1 aliphatic heterocycles. The van der Waals surface area contributed by atoms with Crippen LogP contribution in [0.2, 0.25) is 0 Å². The Morgan fingerprint density at radius 3 is 2.68 bits per heavy atom. The lowest BCUT2D eigenvalue weighted by Crippen LogP contribution is -2.33. The molecule has 0 spiro atoms. The SMILES string of the molecule is O=C(CNC(=O)c1ccc2c(c1)S(=O)(=O)N(C1CC1)C2=O)Nc1cccnc1. The van der Waals surface area contributed by atoms with E-state index in [0.717, 1.165) is 4.31 Å². The lowest BCUT2D eigenvalue weighted by Gasteiger charge is -2.13. The zero-order valence-corrected chi connectivity index (χ0v) is 15.4. The van der Waals surface area contributed by atoms with E-state index in [2.05, 4.69) is 15.6 Å². The molecule has 0 saturated heterocycles. The van der Waals surface area contributed by atoms with E-state index in [9.17, 15) is 22.8 Å². The summed E-state index contributed by atoms with van der Waals surface area (Å²) >= 11 is 0. The van der Waals surface area contributed by atoms with Crippen molar-refractivity contribution >= 4 is 33.4 Å². The fraction of sp³-hybridized carbons (Fsp3) is 0.222. The number of carbonyl (C=O) groups excluding carboxylic acids is 3. The van der Waals surface area contributed by atoms with Gasteiger partial charge >= 0.3 is 0 Å². The van der Waals surface area contributed by atoms with Crippen LogP contribution in [0, 0.1) is 0 Å². The molecule has 2 N–H and O–H groups in total. The van der Waals surface area contributed by atoms with Crippen LogP contribution in [0.3, 0.4) is 0 Å². The first-order valence-corrected chi connectivity index (χ1v) is 10.0. The van der Waals surface area contributed by atoms with Gasteiger partial charge in [0, 0.05) is 17.8 Å². The van der Waals surface area contributed by atoms with Crippen LogP contribution in [0.4, 0.5) is 5.69 Å². The van der Waals surface area contributed by atoms with E-state index in [-0.39, 0.29) is 28.6 Å². The first kappa shape index (κ1) is 18.1.